The Morgan fingerprint density at radius 1 is 1.06 bits per heavy atom. The van der Waals surface area contributed by atoms with E-state index < -0.39 is 0 Å². The Morgan fingerprint density at radius 2 is 1.88 bits per heavy atom. The number of rotatable bonds is 1. The lowest BCUT2D eigenvalue weighted by Gasteiger charge is -2.39. The zero-order valence-electron chi connectivity index (χ0n) is 10.8. The summed E-state index contributed by atoms with van der Waals surface area (Å²) in [7, 11) is 0. The molecule has 2 aliphatic heterocycles. The van der Waals surface area contributed by atoms with Gasteiger partial charge >= 0.3 is 0 Å². The summed E-state index contributed by atoms with van der Waals surface area (Å²) in [5, 5.41) is 3.56. The number of hydrogen-bond donors (Lipinski definition) is 1. The van der Waals surface area contributed by atoms with Crippen LogP contribution in [0.3, 0.4) is 0 Å². The molecule has 3 fully saturated rings. The molecule has 2 nitrogen and oxygen atoms in total. The zero-order valence-corrected chi connectivity index (χ0v) is 10.8. The van der Waals surface area contributed by atoms with Gasteiger partial charge in [0, 0.05) is 18.6 Å². The fourth-order valence-corrected chi connectivity index (χ4v) is 4.43. The van der Waals surface area contributed by atoms with Gasteiger partial charge in [-0.1, -0.05) is 19.8 Å². The van der Waals surface area contributed by atoms with E-state index >= 15 is 0 Å². The highest BCUT2D eigenvalue weighted by Crippen LogP contribution is 2.38. The molecule has 0 aromatic carbocycles. The molecule has 1 saturated carbocycles. The first-order chi connectivity index (χ1) is 7.77. The summed E-state index contributed by atoms with van der Waals surface area (Å²) < 4.78 is 0. The fraction of sp³-hybridized carbons (Fsp3) is 1.00. The molecule has 2 heterocycles. The van der Waals surface area contributed by atoms with Gasteiger partial charge in [0.05, 0.1) is 0 Å². The van der Waals surface area contributed by atoms with Gasteiger partial charge in [0.1, 0.15) is 0 Å². The highest BCUT2D eigenvalue weighted by molar-refractivity contribution is 4.99. The number of fused-ring (bicyclic) bond motifs is 1. The Bertz CT molecular complexity index is 253. The van der Waals surface area contributed by atoms with Crippen LogP contribution in [0.15, 0.2) is 0 Å². The first-order valence-electron chi connectivity index (χ1n) is 7.24. The third kappa shape index (κ3) is 1.70. The third-order valence-corrected chi connectivity index (χ3v) is 5.47. The van der Waals surface area contributed by atoms with E-state index in [1.807, 2.05) is 0 Å². The van der Waals surface area contributed by atoms with Crippen LogP contribution in [0.25, 0.3) is 0 Å². The number of nitrogens with zero attached hydrogens (tertiary/aromatic N) is 1. The summed E-state index contributed by atoms with van der Waals surface area (Å²) in [4.78, 5) is 2.86. The second-order valence-electron chi connectivity index (χ2n) is 6.35. The van der Waals surface area contributed by atoms with Crippen LogP contribution in [0.1, 0.15) is 39.5 Å². The minimum Gasteiger partial charge on any atom is -0.316 e. The number of likely N-dealkylation sites (tertiary alicyclic amines) is 1. The second kappa shape index (κ2) is 4.30. The third-order valence-electron chi connectivity index (χ3n) is 5.47. The Hall–Kier alpha value is -0.0800. The molecule has 5 unspecified atom stereocenters. The molecule has 0 radical (unpaired) electrons. The van der Waals surface area contributed by atoms with Crippen molar-refractivity contribution in [2.24, 2.45) is 17.8 Å². The summed E-state index contributed by atoms with van der Waals surface area (Å²) >= 11 is 0. The maximum atomic E-state index is 3.56. The quantitative estimate of drug-likeness (QED) is 0.731. The Labute approximate surface area is 99.8 Å². The van der Waals surface area contributed by atoms with Crippen molar-refractivity contribution in [2.45, 2.75) is 51.6 Å². The first kappa shape index (κ1) is 11.0. The van der Waals surface area contributed by atoms with Crippen molar-refractivity contribution in [2.75, 3.05) is 19.6 Å². The molecule has 0 amide bonds. The summed E-state index contributed by atoms with van der Waals surface area (Å²) in [5.74, 6) is 2.82. The number of hydrogen-bond acceptors (Lipinski definition) is 2. The summed E-state index contributed by atoms with van der Waals surface area (Å²) in [5.41, 5.74) is 0. The molecule has 5 atom stereocenters. The fourth-order valence-electron chi connectivity index (χ4n) is 4.43. The van der Waals surface area contributed by atoms with Crippen LogP contribution in [0, 0.1) is 17.8 Å². The predicted molar refractivity (Wildman–Crippen MR) is 67.4 cm³/mol. The average molecular weight is 222 g/mol. The maximum absolute atomic E-state index is 3.56. The molecule has 3 rings (SSSR count). The SMILES string of the molecule is CC1CCCCC1N1CC2CNCC2C1C. The highest BCUT2D eigenvalue weighted by atomic mass is 15.2. The van der Waals surface area contributed by atoms with Crippen LogP contribution < -0.4 is 5.32 Å². The molecule has 0 aromatic heterocycles. The minimum absolute atomic E-state index is 0.825. The van der Waals surface area contributed by atoms with Crippen molar-refractivity contribution in [3.63, 3.8) is 0 Å². The summed E-state index contributed by atoms with van der Waals surface area (Å²) in [6.45, 7) is 8.85. The van der Waals surface area contributed by atoms with Gasteiger partial charge in [0.25, 0.3) is 0 Å². The van der Waals surface area contributed by atoms with Crippen LogP contribution in [0.5, 0.6) is 0 Å². The van der Waals surface area contributed by atoms with Crippen molar-refractivity contribution in [1.82, 2.24) is 10.2 Å². The van der Waals surface area contributed by atoms with E-state index in [2.05, 4.69) is 24.1 Å². The monoisotopic (exact) mass is 222 g/mol. The average Bonchev–Trinajstić information content (AvgIpc) is 2.83. The van der Waals surface area contributed by atoms with Gasteiger partial charge in [-0.3, -0.25) is 4.90 Å². The normalized spacial score (nSPS) is 49.5. The van der Waals surface area contributed by atoms with Gasteiger partial charge in [-0.25, -0.2) is 0 Å². The molecule has 1 N–H and O–H groups in total. The predicted octanol–water partition coefficient (Wildman–Crippen LogP) is 2.10. The van der Waals surface area contributed by atoms with Gasteiger partial charge in [0.15, 0.2) is 0 Å². The molecular weight excluding hydrogens is 196 g/mol. The van der Waals surface area contributed by atoms with Crippen LogP contribution in [-0.2, 0) is 0 Å². The highest BCUT2D eigenvalue weighted by Gasteiger charge is 2.45. The lowest BCUT2D eigenvalue weighted by atomic mass is 9.84. The summed E-state index contributed by atoms with van der Waals surface area (Å²) in [6, 6.07) is 1.72. The maximum Gasteiger partial charge on any atom is 0.0124 e. The van der Waals surface area contributed by atoms with Gasteiger partial charge in [-0.2, -0.15) is 0 Å². The Balaban J connectivity index is 1.70. The van der Waals surface area contributed by atoms with E-state index in [1.54, 1.807) is 0 Å². The van der Waals surface area contributed by atoms with E-state index in [0.717, 1.165) is 29.8 Å². The van der Waals surface area contributed by atoms with Crippen molar-refractivity contribution in [1.29, 1.82) is 0 Å². The molecule has 3 aliphatic rings. The van der Waals surface area contributed by atoms with E-state index in [0.29, 0.717) is 0 Å². The van der Waals surface area contributed by atoms with Gasteiger partial charge in [-0.15, -0.1) is 0 Å². The molecule has 16 heavy (non-hydrogen) atoms. The first-order valence-corrected chi connectivity index (χ1v) is 7.24. The zero-order chi connectivity index (χ0) is 11.1. The molecule has 92 valence electrons. The smallest absolute Gasteiger partial charge is 0.0124 e. The van der Waals surface area contributed by atoms with Crippen molar-refractivity contribution < 1.29 is 0 Å². The molecule has 0 aromatic rings. The molecule has 2 heteroatoms. The van der Waals surface area contributed by atoms with E-state index in [4.69, 9.17) is 0 Å². The molecule has 0 spiro atoms. The largest absolute Gasteiger partial charge is 0.316 e. The van der Waals surface area contributed by atoms with Gasteiger partial charge < -0.3 is 5.32 Å². The topological polar surface area (TPSA) is 15.3 Å². The van der Waals surface area contributed by atoms with Crippen molar-refractivity contribution in [3.05, 3.63) is 0 Å². The second-order valence-corrected chi connectivity index (χ2v) is 6.35. The lowest BCUT2D eigenvalue weighted by molar-refractivity contribution is 0.0948. The van der Waals surface area contributed by atoms with Crippen LogP contribution in [0.2, 0.25) is 0 Å². The molecule has 0 bridgehead atoms. The molecule has 1 aliphatic carbocycles. The number of nitrogens with one attached hydrogen (secondary N) is 1. The van der Waals surface area contributed by atoms with Crippen LogP contribution >= 0.6 is 0 Å². The van der Waals surface area contributed by atoms with E-state index in [-0.39, 0.29) is 0 Å². The van der Waals surface area contributed by atoms with Crippen LogP contribution in [-0.4, -0.2) is 36.6 Å². The Kier molecular flexibility index (Phi) is 2.97. The molecular formula is C14H26N2. The standard InChI is InChI=1S/C14H26N2/c1-10-5-3-4-6-14(10)16-9-12-7-15-8-13(12)11(16)2/h10-15H,3-9H2,1-2H3. The lowest BCUT2D eigenvalue weighted by Crippen LogP contribution is -2.45. The van der Waals surface area contributed by atoms with Crippen molar-refractivity contribution in [3.8, 4) is 0 Å². The van der Waals surface area contributed by atoms with Crippen LogP contribution in [0.4, 0.5) is 0 Å². The van der Waals surface area contributed by atoms with Gasteiger partial charge in [0.2, 0.25) is 0 Å². The van der Waals surface area contributed by atoms with E-state index in [1.165, 1.54) is 45.3 Å². The van der Waals surface area contributed by atoms with Crippen molar-refractivity contribution >= 4 is 0 Å². The Morgan fingerprint density at radius 3 is 2.62 bits per heavy atom. The molecule has 2 saturated heterocycles. The van der Waals surface area contributed by atoms with Gasteiger partial charge in [-0.05, 0) is 50.6 Å². The minimum atomic E-state index is 0.825. The van der Waals surface area contributed by atoms with E-state index in [9.17, 15) is 0 Å². The summed E-state index contributed by atoms with van der Waals surface area (Å²) in [6.07, 6.45) is 5.85.